The number of anilines is 1. The van der Waals surface area contributed by atoms with Gasteiger partial charge in [0, 0.05) is 12.2 Å². The van der Waals surface area contributed by atoms with Gasteiger partial charge >= 0.3 is 0 Å². The summed E-state index contributed by atoms with van der Waals surface area (Å²) in [6.07, 6.45) is 2.20. The Kier molecular flexibility index (Phi) is 2.96. The molecule has 3 heterocycles. The minimum atomic E-state index is 0.223. The van der Waals surface area contributed by atoms with E-state index in [4.69, 9.17) is 4.42 Å². The first-order valence-corrected chi connectivity index (χ1v) is 7.79. The summed E-state index contributed by atoms with van der Waals surface area (Å²) >= 11 is 0. The first kappa shape index (κ1) is 13.4. The molecule has 1 unspecified atom stereocenters. The number of hydrogen-bond donors (Lipinski definition) is 1. The largest absolute Gasteiger partial charge is 0.423 e. The molecule has 1 atom stereocenters. The molecule has 1 aliphatic heterocycles. The van der Waals surface area contributed by atoms with Crippen molar-refractivity contribution in [3.05, 3.63) is 41.0 Å². The highest BCUT2D eigenvalue weighted by molar-refractivity contribution is 5.77. The number of para-hydroxylation sites is 1. The van der Waals surface area contributed by atoms with Crippen molar-refractivity contribution in [2.24, 2.45) is 0 Å². The maximum atomic E-state index is 6.04. The number of H-pyrrole nitrogens is 1. The molecule has 114 valence electrons. The van der Waals surface area contributed by atoms with Crippen LogP contribution in [0.1, 0.15) is 41.7 Å². The van der Waals surface area contributed by atoms with Crippen molar-refractivity contribution in [1.82, 2.24) is 15.0 Å². The minimum absolute atomic E-state index is 0.223. The van der Waals surface area contributed by atoms with Crippen molar-refractivity contribution in [2.75, 3.05) is 11.4 Å². The van der Waals surface area contributed by atoms with Gasteiger partial charge in [0.25, 0.3) is 6.01 Å². The van der Waals surface area contributed by atoms with Crippen LogP contribution in [0, 0.1) is 20.8 Å². The Morgan fingerprint density at radius 2 is 2.09 bits per heavy atom. The zero-order valence-corrected chi connectivity index (χ0v) is 13.2. The third-order valence-corrected chi connectivity index (χ3v) is 4.56. The molecule has 0 amide bonds. The molecule has 4 rings (SSSR count). The normalized spacial score (nSPS) is 18.5. The highest BCUT2D eigenvalue weighted by Gasteiger charge is 2.32. The second kappa shape index (κ2) is 4.87. The van der Waals surface area contributed by atoms with Gasteiger partial charge in [-0.1, -0.05) is 12.1 Å². The molecule has 3 aromatic rings. The van der Waals surface area contributed by atoms with Crippen LogP contribution in [0.15, 0.2) is 22.6 Å². The smallest absolute Gasteiger partial charge is 0.299 e. The maximum Gasteiger partial charge on any atom is 0.299 e. The lowest BCUT2D eigenvalue weighted by Gasteiger charge is -2.20. The van der Waals surface area contributed by atoms with E-state index in [0.717, 1.165) is 53.3 Å². The topological polar surface area (TPSA) is 58.0 Å². The standard InChI is InChI=1S/C17H20N4O/c1-10-6-4-7-13-15(10)22-17(20-13)21-9-5-8-14(21)16-18-11(2)12(3)19-16/h4,6-7,14H,5,8-9H2,1-3H3,(H,18,19). The third-order valence-electron chi connectivity index (χ3n) is 4.56. The molecule has 5 nitrogen and oxygen atoms in total. The van der Waals surface area contributed by atoms with Gasteiger partial charge in [-0.25, -0.2) is 4.98 Å². The third kappa shape index (κ3) is 2.00. The molecule has 1 N–H and O–H groups in total. The number of rotatable bonds is 2. The van der Waals surface area contributed by atoms with Crippen LogP contribution in [0.3, 0.4) is 0 Å². The van der Waals surface area contributed by atoms with E-state index < -0.39 is 0 Å². The number of imidazole rings is 1. The number of oxazole rings is 1. The number of fused-ring (bicyclic) bond motifs is 1. The van der Waals surface area contributed by atoms with Crippen molar-refractivity contribution in [1.29, 1.82) is 0 Å². The van der Waals surface area contributed by atoms with Gasteiger partial charge < -0.3 is 14.3 Å². The molecule has 0 saturated carbocycles. The molecule has 1 fully saturated rings. The van der Waals surface area contributed by atoms with E-state index in [1.54, 1.807) is 0 Å². The van der Waals surface area contributed by atoms with Gasteiger partial charge in [-0.05, 0) is 45.2 Å². The van der Waals surface area contributed by atoms with Crippen molar-refractivity contribution < 1.29 is 4.42 Å². The first-order chi connectivity index (χ1) is 10.6. The van der Waals surface area contributed by atoms with Crippen LogP contribution in [0.2, 0.25) is 0 Å². The average Bonchev–Trinajstić information content (AvgIpc) is 3.18. The highest BCUT2D eigenvalue weighted by Crippen LogP contribution is 2.36. The molecule has 1 aliphatic rings. The van der Waals surface area contributed by atoms with Crippen LogP contribution in [0.25, 0.3) is 11.1 Å². The van der Waals surface area contributed by atoms with Gasteiger partial charge in [-0.15, -0.1) is 0 Å². The number of aromatic nitrogens is 3. The van der Waals surface area contributed by atoms with Crippen LogP contribution in [0.5, 0.6) is 0 Å². The van der Waals surface area contributed by atoms with Crippen molar-refractivity contribution in [3.8, 4) is 0 Å². The molecule has 2 aromatic heterocycles. The number of hydrogen-bond acceptors (Lipinski definition) is 4. The van der Waals surface area contributed by atoms with Crippen molar-refractivity contribution >= 4 is 17.1 Å². The van der Waals surface area contributed by atoms with E-state index in [2.05, 4.69) is 39.8 Å². The van der Waals surface area contributed by atoms with E-state index in [1.807, 2.05) is 19.1 Å². The Morgan fingerprint density at radius 3 is 2.82 bits per heavy atom. The van der Waals surface area contributed by atoms with Crippen LogP contribution >= 0.6 is 0 Å². The lowest BCUT2D eigenvalue weighted by molar-refractivity contribution is 0.547. The summed E-state index contributed by atoms with van der Waals surface area (Å²) < 4.78 is 6.04. The zero-order valence-electron chi connectivity index (χ0n) is 13.2. The number of nitrogens with zero attached hydrogens (tertiary/aromatic N) is 3. The molecule has 1 saturated heterocycles. The number of aromatic amines is 1. The lowest BCUT2D eigenvalue weighted by Crippen LogP contribution is -2.23. The van der Waals surface area contributed by atoms with E-state index in [-0.39, 0.29) is 6.04 Å². The molecular formula is C17H20N4O. The van der Waals surface area contributed by atoms with E-state index in [1.165, 1.54) is 0 Å². The Morgan fingerprint density at radius 1 is 1.23 bits per heavy atom. The molecule has 5 heteroatoms. The summed E-state index contributed by atoms with van der Waals surface area (Å²) in [4.78, 5) is 15.0. The SMILES string of the molecule is Cc1nc(C2CCCN2c2nc3cccc(C)c3o2)[nH]c1C. The fourth-order valence-corrected chi connectivity index (χ4v) is 3.21. The molecule has 0 radical (unpaired) electrons. The minimum Gasteiger partial charge on any atom is -0.423 e. The summed E-state index contributed by atoms with van der Waals surface area (Å²) in [5, 5.41) is 0. The molecule has 0 aliphatic carbocycles. The van der Waals surface area contributed by atoms with E-state index in [9.17, 15) is 0 Å². The second-order valence-electron chi connectivity index (χ2n) is 6.10. The average molecular weight is 296 g/mol. The Labute approximate surface area is 129 Å². The van der Waals surface area contributed by atoms with Gasteiger partial charge in [0.1, 0.15) is 11.3 Å². The Hall–Kier alpha value is -2.30. The summed E-state index contributed by atoms with van der Waals surface area (Å²) in [6.45, 7) is 7.11. The molecule has 22 heavy (non-hydrogen) atoms. The quantitative estimate of drug-likeness (QED) is 0.781. The predicted molar refractivity (Wildman–Crippen MR) is 86.1 cm³/mol. The van der Waals surface area contributed by atoms with Crippen LogP contribution < -0.4 is 4.90 Å². The molecule has 1 aromatic carbocycles. The van der Waals surface area contributed by atoms with Gasteiger partial charge in [-0.2, -0.15) is 4.98 Å². The van der Waals surface area contributed by atoms with Crippen LogP contribution in [-0.2, 0) is 0 Å². The van der Waals surface area contributed by atoms with Gasteiger partial charge in [0.15, 0.2) is 5.58 Å². The zero-order chi connectivity index (χ0) is 15.3. The first-order valence-electron chi connectivity index (χ1n) is 7.79. The fraction of sp³-hybridized carbons (Fsp3) is 0.412. The van der Waals surface area contributed by atoms with Gasteiger partial charge in [0.2, 0.25) is 0 Å². The molecule has 0 bridgehead atoms. The predicted octanol–water partition coefficient (Wildman–Crippen LogP) is 3.82. The van der Waals surface area contributed by atoms with Crippen LogP contribution in [-0.4, -0.2) is 21.5 Å². The Balaban J connectivity index is 1.74. The molecule has 0 spiro atoms. The lowest BCUT2D eigenvalue weighted by atomic mass is 10.2. The van der Waals surface area contributed by atoms with Crippen molar-refractivity contribution in [3.63, 3.8) is 0 Å². The summed E-state index contributed by atoms with van der Waals surface area (Å²) in [5.41, 5.74) is 5.13. The van der Waals surface area contributed by atoms with E-state index in [0.29, 0.717) is 6.01 Å². The maximum absolute atomic E-state index is 6.04. The monoisotopic (exact) mass is 296 g/mol. The second-order valence-corrected chi connectivity index (χ2v) is 6.10. The highest BCUT2D eigenvalue weighted by atomic mass is 16.4. The summed E-state index contributed by atoms with van der Waals surface area (Å²) in [5.74, 6) is 1.02. The Bertz CT molecular complexity index is 813. The number of aryl methyl sites for hydroxylation is 3. The number of nitrogens with one attached hydrogen (secondary N) is 1. The summed E-state index contributed by atoms with van der Waals surface area (Å²) in [6, 6.07) is 7.00. The van der Waals surface area contributed by atoms with Gasteiger partial charge in [0.05, 0.1) is 11.7 Å². The van der Waals surface area contributed by atoms with Crippen molar-refractivity contribution in [2.45, 2.75) is 39.7 Å². The molecular weight excluding hydrogens is 276 g/mol. The number of benzene rings is 1. The van der Waals surface area contributed by atoms with Crippen LogP contribution in [0.4, 0.5) is 6.01 Å². The van der Waals surface area contributed by atoms with E-state index >= 15 is 0 Å². The fourth-order valence-electron chi connectivity index (χ4n) is 3.21. The summed E-state index contributed by atoms with van der Waals surface area (Å²) in [7, 11) is 0. The van der Waals surface area contributed by atoms with Gasteiger partial charge in [-0.3, -0.25) is 0 Å².